The number of phenols is 1. The number of aromatic nitrogens is 1. The van der Waals surface area contributed by atoms with Crippen LogP contribution >= 0.6 is 0 Å². The van der Waals surface area contributed by atoms with Crippen LogP contribution in [0.3, 0.4) is 0 Å². The summed E-state index contributed by atoms with van der Waals surface area (Å²) in [6, 6.07) is 10.1. The van der Waals surface area contributed by atoms with Gasteiger partial charge in [0.1, 0.15) is 11.8 Å². The zero-order valence-corrected chi connectivity index (χ0v) is 25.4. The first-order valence-electron chi connectivity index (χ1n) is 14.9. The third kappa shape index (κ3) is 6.36. The minimum Gasteiger partial charge on any atom is -0.504 e. The summed E-state index contributed by atoms with van der Waals surface area (Å²) in [6.45, 7) is 7.04. The maximum atomic E-state index is 14.0. The highest BCUT2D eigenvalue weighted by Gasteiger charge is 2.39. The largest absolute Gasteiger partial charge is 0.504 e. The van der Waals surface area contributed by atoms with Gasteiger partial charge in [-0.15, -0.1) is 0 Å². The SMILES string of the molecule is COc1cc([C@H](CC(=O)N[C@@H](CC(C)C)C(=O)N2C[C@H]3C[C@@H](C2)c2cccc(=O)n2C3)c2oc(C)cc(=O)c2O)ccc1O. The van der Waals surface area contributed by atoms with E-state index in [2.05, 4.69) is 5.32 Å². The average molecular weight is 606 g/mol. The maximum absolute atomic E-state index is 14.0. The molecule has 1 fully saturated rings. The fraction of sp³-hybridized carbons (Fsp3) is 0.455. The Morgan fingerprint density at radius 2 is 1.86 bits per heavy atom. The van der Waals surface area contributed by atoms with Crippen LogP contribution in [0.2, 0.25) is 0 Å². The Bertz CT molecular complexity index is 1680. The molecule has 2 amide bonds. The van der Waals surface area contributed by atoms with Crippen LogP contribution in [0, 0.1) is 18.8 Å². The van der Waals surface area contributed by atoms with Gasteiger partial charge in [0.15, 0.2) is 17.3 Å². The normalized spacial score (nSPS) is 18.8. The van der Waals surface area contributed by atoms with Crippen molar-refractivity contribution in [3.63, 3.8) is 0 Å². The molecule has 4 heterocycles. The predicted molar refractivity (Wildman–Crippen MR) is 162 cm³/mol. The fourth-order valence-corrected chi connectivity index (χ4v) is 6.56. The fourth-order valence-electron chi connectivity index (χ4n) is 6.56. The summed E-state index contributed by atoms with van der Waals surface area (Å²) in [5, 5.41) is 23.7. The number of ether oxygens (including phenoxy) is 1. The van der Waals surface area contributed by atoms with E-state index in [1.54, 1.807) is 30.0 Å². The van der Waals surface area contributed by atoms with Crippen LogP contribution in [0.15, 0.2) is 56.5 Å². The Morgan fingerprint density at radius 1 is 1.09 bits per heavy atom. The number of methoxy groups -OCH3 is 1. The van der Waals surface area contributed by atoms with Crippen molar-refractivity contribution in [1.82, 2.24) is 14.8 Å². The van der Waals surface area contributed by atoms with Gasteiger partial charge in [-0.3, -0.25) is 19.2 Å². The first-order valence-corrected chi connectivity index (χ1v) is 14.9. The van der Waals surface area contributed by atoms with Crippen LogP contribution in [-0.2, 0) is 16.1 Å². The Balaban J connectivity index is 1.40. The minimum absolute atomic E-state index is 0.0294. The zero-order chi connectivity index (χ0) is 31.7. The minimum atomic E-state index is -0.920. The van der Waals surface area contributed by atoms with E-state index >= 15 is 0 Å². The quantitative estimate of drug-likeness (QED) is 0.336. The first-order chi connectivity index (χ1) is 20.9. The summed E-state index contributed by atoms with van der Waals surface area (Å²) < 4.78 is 12.8. The number of pyridine rings is 1. The number of nitrogens with one attached hydrogen (secondary N) is 1. The van der Waals surface area contributed by atoms with E-state index in [-0.39, 0.29) is 58.7 Å². The summed E-state index contributed by atoms with van der Waals surface area (Å²) in [6.07, 6.45) is 1.06. The Hall–Kier alpha value is -4.54. The number of nitrogens with zero attached hydrogens (tertiary/aromatic N) is 2. The van der Waals surface area contributed by atoms with E-state index in [0.29, 0.717) is 31.6 Å². The second-order valence-electron chi connectivity index (χ2n) is 12.3. The van der Waals surface area contributed by atoms with Crippen molar-refractivity contribution in [2.45, 2.75) is 64.5 Å². The highest BCUT2D eigenvalue weighted by atomic mass is 16.5. The molecule has 5 rings (SSSR count). The summed E-state index contributed by atoms with van der Waals surface area (Å²) in [4.78, 5) is 54.3. The lowest BCUT2D eigenvalue weighted by Gasteiger charge is -2.43. The van der Waals surface area contributed by atoms with Gasteiger partial charge in [-0.2, -0.15) is 0 Å². The van der Waals surface area contributed by atoms with Crippen molar-refractivity contribution >= 4 is 11.8 Å². The summed E-state index contributed by atoms with van der Waals surface area (Å²) in [5.74, 6) is -1.72. The molecule has 4 atom stereocenters. The predicted octanol–water partition coefficient (Wildman–Crippen LogP) is 3.23. The van der Waals surface area contributed by atoms with Crippen molar-refractivity contribution < 1.29 is 29.0 Å². The van der Waals surface area contributed by atoms with Crippen molar-refractivity contribution in [1.29, 1.82) is 0 Å². The van der Waals surface area contributed by atoms with Gasteiger partial charge in [-0.1, -0.05) is 26.0 Å². The Morgan fingerprint density at radius 3 is 2.59 bits per heavy atom. The van der Waals surface area contributed by atoms with Gasteiger partial charge in [0.25, 0.3) is 5.56 Å². The maximum Gasteiger partial charge on any atom is 0.250 e. The molecule has 0 unspecified atom stereocenters. The first kappa shape index (κ1) is 30.9. The number of hydrogen-bond donors (Lipinski definition) is 3. The lowest BCUT2D eigenvalue weighted by Crippen LogP contribution is -2.55. The van der Waals surface area contributed by atoms with Gasteiger partial charge in [0, 0.05) is 49.8 Å². The van der Waals surface area contributed by atoms with Crippen LogP contribution in [0.4, 0.5) is 0 Å². The van der Waals surface area contributed by atoms with Crippen LogP contribution < -0.4 is 21.0 Å². The third-order valence-electron chi connectivity index (χ3n) is 8.52. The van der Waals surface area contributed by atoms with Crippen LogP contribution in [0.5, 0.6) is 17.2 Å². The van der Waals surface area contributed by atoms with Gasteiger partial charge in [0.05, 0.1) is 13.0 Å². The second-order valence-corrected chi connectivity index (χ2v) is 12.3. The number of phenolic OH excluding ortho intramolecular Hbond substituents is 1. The molecule has 0 aliphatic carbocycles. The average Bonchev–Trinajstić information content (AvgIpc) is 2.97. The molecule has 44 heavy (non-hydrogen) atoms. The van der Waals surface area contributed by atoms with E-state index in [1.165, 1.54) is 19.2 Å². The van der Waals surface area contributed by atoms with Crippen LogP contribution in [0.1, 0.15) is 67.7 Å². The molecule has 2 aromatic heterocycles. The number of carbonyl (C=O) groups is 2. The Labute approximate surface area is 255 Å². The molecule has 11 nitrogen and oxygen atoms in total. The van der Waals surface area contributed by atoms with E-state index in [9.17, 15) is 29.4 Å². The highest BCUT2D eigenvalue weighted by Crippen LogP contribution is 2.38. The van der Waals surface area contributed by atoms with E-state index in [0.717, 1.165) is 18.2 Å². The van der Waals surface area contributed by atoms with Crippen molar-refractivity contribution in [3.8, 4) is 17.2 Å². The number of piperidine rings is 1. The molecule has 2 aliphatic rings. The number of fused-ring (bicyclic) bond motifs is 4. The number of hydrogen-bond acceptors (Lipinski definition) is 8. The number of benzene rings is 1. The monoisotopic (exact) mass is 605 g/mol. The van der Waals surface area contributed by atoms with Crippen LogP contribution in [0.25, 0.3) is 0 Å². The summed E-state index contributed by atoms with van der Waals surface area (Å²) in [7, 11) is 1.39. The lowest BCUT2D eigenvalue weighted by atomic mass is 9.82. The molecule has 0 saturated carbocycles. The van der Waals surface area contributed by atoms with Gasteiger partial charge in [-0.25, -0.2) is 0 Å². The molecule has 234 valence electrons. The molecule has 11 heteroatoms. The molecule has 3 N–H and O–H groups in total. The third-order valence-corrected chi connectivity index (χ3v) is 8.52. The van der Waals surface area contributed by atoms with E-state index < -0.39 is 29.0 Å². The molecular formula is C33H39N3O8. The van der Waals surface area contributed by atoms with Gasteiger partial charge in [0.2, 0.25) is 23.0 Å². The summed E-state index contributed by atoms with van der Waals surface area (Å²) in [5.41, 5.74) is 0.719. The van der Waals surface area contributed by atoms with Gasteiger partial charge >= 0.3 is 0 Å². The number of amides is 2. The van der Waals surface area contributed by atoms with Crippen LogP contribution in [-0.4, -0.2) is 57.7 Å². The van der Waals surface area contributed by atoms with E-state index in [4.69, 9.17) is 9.15 Å². The van der Waals surface area contributed by atoms with Crippen molar-refractivity contribution in [2.75, 3.05) is 20.2 Å². The number of aromatic hydroxyl groups is 2. The molecule has 3 aromatic rings. The molecule has 2 bridgehead atoms. The molecule has 0 radical (unpaired) electrons. The number of likely N-dealkylation sites (tertiary alicyclic amines) is 1. The highest BCUT2D eigenvalue weighted by molar-refractivity contribution is 5.88. The Kier molecular flexibility index (Phi) is 8.85. The van der Waals surface area contributed by atoms with Crippen molar-refractivity contribution in [3.05, 3.63) is 85.8 Å². The summed E-state index contributed by atoms with van der Waals surface area (Å²) >= 11 is 0. The smallest absolute Gasteiger partial charge is 0.250 e. The second kappa shape index (κ2) is 12.6. The molecule has 1 aromatic carbocycles. The lowest BCUT2D eigenvalue weighted by molar-refractivity contribution is -0.139. The number of aryl methyl sites for hydroxylation is 1. The molecular weight excluding hydrogens is 566 g/mol. The zero-order valence-electron chi connectivity index (χ0n) is 25.4. The molecule has 0 spiro atoms. The number of rotatable bonds is 9. The molecule has 2 aliphatic heterocycles. The molecule has 1 saturated heterocycles. The standard InChI is InChI=1S/C33H39N3O8/c1-18(2)10-24(33(42)35-15-20-12-22(17-35)25-6-5-7-30(40)36(25)16-20)34-29(39)14-23(21-8-9-26(37)28(13-21)43-4)32-31(41)27(38)11-19(3)44-32/h5-9,11,13,18,20,22-24,37,41H,10,12,14-17H2,1-4H3,(H,34,39)/t20-,22+,23+,24+/m1/s1. The number of carbonyl (C=O) groups excluding carboxylic acids is 2. The topological polar surface area (TPSA) is 151 Å². The van der Waals surface area contributed by atoms with Gasteiger partial charge < -0.3 is 34.2 Å². The van der Waals surface area contributed by atoms with Crippen molar-refractivity contribution in [2.24, 2.45) is 11.8 Å². The van der Waals surface area contributed by atoms with E-state index in [1.807, 2.05) is 24.5 Å². The van der Waals surface area contributed by atoms with Gasteiger partial charge in [-0.05, 0) is 55.4 Å².